The van der Waals surface area contributed by atoms with E-state index in [1.807, 2.05) is 73.7 Å². The van der Waals surface area contributed by atoms with Gasteiger partial charge in [0.05, 0.1) is 24.4 Å². The van der Waals surface area contributed by atoms with E-state index in [1.165, 1.54) is 0 Å². The number of carbonyl (C=O) groups excluding carboxylic acids is 1. The van der Waals surface area contributed by atoms with Crippen LogP contribution in [0.25, 0.3) is 0 Å². The second-order valence-corrected chi connectivity index (χ2v) is 7.20. The van der Waals surface area contributed by atoms with E-state index in [1.54, 1.807) is 6.20 Å². The Bertz CT molecular complexity index is 865. The Balaban J connectivity index is 1.51. The number of rotatable bonds is 7. The lowest BCUT2D eigenvalue weighted by atomic mass is 10.1. The van der Waals surface area contributed by atoms with E-state index < -0.39 is 0 Å². The standard InChI is InChI=1S/C22H21BrN2O2/c1-16(25-22(26)13-17-7-9-19(23)10-8-17)21-12-11-20(14-24-21)27-15-18-5-3-2-4-6-18/h2-12,14,16H,13,15H2,1H3,(H,25,26)/t16-/m1/s1. The number of hydrogen-bond donors (Lipinski definition) is 1. The summed E-state index contributed by atoms with van der Waals surface area (Å²) < 4.78 is 6.74. The minimum atomic E-state index is -0.170. The highest BCUT2D eigenvalue weighted by Gasteiger charge is 2.11. The van der Waals surface area contributed by atoms with Crippen LogP contribution in [0.15, 0.2) is 77.4 Å². The second-order valence-electron chi connectivity index (χ2n) is 6.29. The molecule has 0 spiro atoms. The van der Waals surface area contributed by atoms with Crippen molar-refractivity contribution in [3.05, 3.63) is 94.2 Å². The van der Waals surface area contributed by atoms with Crippen molar-refractivity contribution in [3.63, 3.8) is 0 Å². The molecule has 27 heavy (non-hydrogen) atoms. The fourth-order valence-corrected chi connectivity index (χ4v) is 2.89. The number of ether oxygens (including phenoxy) is 1. The van der Waals surface area contributed by atoms with E-state index in [9.17, 15) is 4.79 Å². The molecule has 0 radical (unpaired) electrons. The Kier molecular flexibility index (Phi) is 6.60. The maximum Gasteiger partial charge on any atom is 0.224 e. The zero-order valence-electron chi connectivity index (χ0n) is 15.1. The van der Waals surface area contributed by atoms with Crippen LogP contribution in [0.3, 0.4) is 0 Å². The molecule has 0 saturated carbocycles. The molecule has 1 aromatic heterocycles. The highest BCUT2D eigenvalue weighted by Crippen LogP contribution is 2.16. The predicted molar refractivity (Wildman–Crippen MR) is 109 cm³/mol. The van der Waals surface area contributed by atoms with Crippen molar-refractivity contribution in [1.29, 1.82) is 0 Å². The number of aromatic nitrogens is 1. The molecule has 0 aliphatic heterocycles. The Morgan fingerprint density at radius 3 is 2.44 bits per heavy atom. The van der Waals surface area contributed by atoms with Gasteiger partial charge in [0, 0.05) is 4.47 Å². The molecule has 1 heterocycles. The van der Waals surface area contributed by atoms with Gasteiger partial charge >= 0.3 is 0 Å². The first-order valence-electron chi connectivity index (χ1n) is 8.76. The van der Waals surface area contributed by atoms with Gasteiger partial charge in [0.2, 0.25) is 5.91 Å². The molecular formula is C22H21BrN2O2. The van der Waals surface area contributed by atoms with Crippen LogP contribution in [0.4, 0.5) is 0 Å². The Hall–Kier alpha value is -2.66. The first-order chi connectivity index (χ1) is 13.1. The van der Waals surface area contributed by atoms with Gasteiger partial charge in [-0.25, -0.2) is 0 Å². The molecule has 4 nitrogen and oxygen atoms in total. The normalized spacial score (nSPS) is 11.6. The molecule has 1 N–H and O–H groups in total. The average Bonchev–Trinajstić information content (AvgIpc) is 2.69. The zero-order valence-corrected chi connectivity index (χ0v) is 16.6. The summed E-state index contributed by atoms with van der Waals surface area (Å²) in [5, 5.41) is 2.98. The first kappa shape index (κ1) is 19.1. The summed E-state index contributed by atoms with van der Waals surface area (Å²) in [6, 6.07) is 21.3. The molecule has 5 heteroatoms. The predicted octanol–water partition coefficient (Wildman–Crippen LogP) is 4.84. The van der Waals surface area contributed by atoms with Crippen LogP contribution in [-0.2, 0) is 17.8 Å². The number of nitrogens with one attached hydrogen (secondary N) is 1. The van der Waals surface area contributed by atoms with Crippen LogP contribution in [0.2, 0.25) is 0 Å². The second kappa shape index (κ2) is 9.33. The highest BCUT2D eigenvalue weighted by atomic mass is 79.9. The smallest absolute Gasteiger partial charge is 0.224 e. The largest absolute Gasteiger partial charge is 0.487 e. The van der Waals surface area contributed by atoms with E-state index in [4.69, 9.17) is 4.74 Å². The maximum absolute atomic E-state index is 12.2. The lowest BCUT2D eigenvalue weighted by Gasteiger charge is -2.14. The van der Waals surface area contributed by atoms with Gasteiger partial charge in [-0.3, -0.25) is 9.78 Å². The van der Waals surface area contributed by atoms with Gasteiger partial charge in [-0.15, -0.1) is 0 Å². The first-order valence-corrected chi connectivity index (χ1v) is 9.56. The van der Waals surface area contributed by atoms with Crippen LogP contribution in [0.5, 0.6) is 5.75 Å². The Morgan fingerprint density at radius 2 is 1.78 bits per heavy atom. The minimum Gasteiger partial charge on any atom is -0.487 e. The van der Waals surface area contributed by atoms with Gasteiger partial charge < -0.3 is 10.1 Å². The monoisotopic (exact) mass is 424 g/mol. The van der Waals surface area contributed by atoms with Crippen LogP contribution < -0.4 is 10.1 Å². The van der Waals surface area contributed by atoms with E-state index in [2.05, 4.69) is 26.2 Å². The molecule has 3 aromatic rings. The molecule has 0 aliphatic rings. The van der Waals surface area contributed by atoms with Gasteiger partial charge in [0.15, 0.2) is 0 Å². The fraction of sp³-hybridized carbons (Fsp3) is 0.182. The lowest BCUT2D eigenvalue weighted by molar-refractivity contribution is -0.121. The van der Waals surface area contributed by atoms with Crippen molar-refractivity contribution < 1.29 is 9.53 Å². The van der Waals surface area contributed by atoms with Gasteiger partial charge in [-0.2, -0.15) is 0 Å². The summed E-state index contributed by atoms with van der Waals surface area (Å²) in [5.41, 5.74) is 2.88. The van der Waals surface area contributed by atoms with Gasteiger partial charge in [0.25, 0.3) is 0 Å². The highest BCUT2D eigenvalue weighted by molar-refractivity contribution is 9.10. The van der Waals surface area contributed by atoms with Crippen LogP contribution in [0.1, 0.15) is 29.8 Å². The molecule has 1 atom stereocenters. The van der Waals surface area contributed by atoms with Crippen molar-refractivity contribution in [2.45, 2.75) is 26.0 Å². The van der Waals surface area contributed by atoms with Crippen molar-refractivity contribution in [1.82, 2.24) is 10.3 Å². The fourth-order valence-electron chi connectivity index (χ4n) is 2.63. The summed E-state index contributed by atoms with van der Waals surface area (Å²) in [6.07, 6.45) is 2.03. The summed E-state index contributed by atoms with van der Waals surface area (Å²) >= 11 is 3.39. The van der Waals surface area contributed by atoms with Gasteiger partial charge in [0.1, 0.15) is 12.4 Å². The molecule has 1 amide bonds. The molecule has 3 rings (SSSR count). The summed E-state index contributed by atoms with van der Waals surface area (Å²) in [5.74, 6) is 0.673. The van der Waals surface area contributed by atoms with Crippen molar-refractivity contribution in [2.75, 3.05) is 0 Å². The number of pyridine rings is 1. The molecule has 2 aromatic carbocycles. The van der Waals surface area contributed by atoms with Gasteiger partial charge in [-0.05, 0) is 42.3 Å². The summed E-state index contributed by atoms with van der Waals surface area (Å²) in [6.45, 7) is 2.42. The van der Waals surface area contributed by atoms with E-state index in [0.29, 0.717) is 18.8 Å². The molecule has 0 bridgehead atoms. The molecule has 0 aliphatic carbocycles. The van der Waals surface area contributed by atoms with Crippen LogP contribution >= 0.6 is 15.9 Å². The SMILES string of the molecule is C[C@@H](NC(=O)Cc1ccc(Br)cc1)c1ccc(OCc2ccccc2)cn1. The molecule has 0 saturated heterocycles. The number of halogens is 1. The molecule has 0 unspecified atom stereocenters. The van der Waals surface area contributed by atoms with E-state index >= 15 is 0 Å². The third kappa shape index (κ3) is 5.93. The minimum absolute atomic E-state index is 0.0315. The zero-order chi connectivity index (χ0) is 19.1. The summed E-state index contributed by atoms with van der Waals surface area (Å²) in [4.78, 5) is 16.6. The van der Waals surface area contributed by atoms with Crippen molar-refractivity contribution in [3.8, 4) is 5.75 Å². The Labute approximate surface area is 167 Å². The van der Waals surface area contributed by atoms with Crippen molar-refractivity contribution >= 4 is 21.8 Å². The number of hydrogen-bond acceptors (Lipinski definition) is 3. The number of benzene rings is 2. The quantitative estimate of drug-likeness (QED) is 0.589. The average molecular weight is 425 g/mol. The number of carbonyl (C=O) groups is 1. The number of nitrogens with zero attached hydrogens (tertiary/aromatic N) is 1. The van der Waals surface area contributed by atoms with Crippen molar-refractivity contribution in [2.24, 2.45) is 0 Å². The van der Waals surface area contributed by atoms with E-state index in [-0.39, 0.29) is 11.9 Å². The molecule has 138 valence electrons. The topological polar surface area (TPSA) is 51.2 Å². The van der Waals surface area contributed by atoms with Crippen LogP contribution in [0, 0.1) is 0 Å². The molecular weight excluding hydrogens is 404 g/mol. The lowest BCUT2D eigenvalue weighted by Crippen LogP contribution is -2.28. The third-order valence-corrected chi connectivity index (χ3v) is 4.64. The van der Waals surface area contributed by atoms with Crippen LogP contribution in [-0.4, -0.2) is 10.9 Å². The maximum atomic E-state index is 12.2. The third-order valence-electron chi connectivity index (χ3n) is 4.11. The Morgan fingerprint density at radius 1 is 1.04 bits per heavy atom. The number of amides is 1. The van der Waals surface area contributed by atoms with Gasteiger partial charge in [-0.1, -0.05) is 58.4 Å². The summed E-state index contributed by atoms with van der Waals surface area (Å²) in [7, 11) is 0. The van der Waals surface area contributed by atoms with E-state index in [0.717, 1.165) is 21.3 Å². The molecule has 0 fully saturated rings.